The average molecular weight is 364 g/mol. The molecule has 0 spiro atoms. The lowest BCUT2D eigenvalue weighted by molar-refractivity contribution is -0.219. The SMILES string of the molecule is COc1ccc([C@@H]2O[C@H](C)[C@@H](O)[C@H](O)[C@H]2O)cc1CC1CCC(C)CC1. The monoisotopic (exact) mass is 364 g/mol. The Kier molecular flexibility index (Phi) is 6.23. The van der Waals surface area contributed by atoms with Gasteiger partial charge in [0, 0.05) is 0 Å². The summed E-state index contributed by atoms with van der Waals surface area (Å²) in [6.45, 7) is 4.03. The maximum Gasteiger partial charge on any atom is 0.122 e. The smallest absolute Gasteiger partial charge is 0.122 e. The van der Waals surface area contributed by atoms with Crippen LogP contribution in [0.2, 0.25) is 0 Å². The second-order valence-corrected chi connectivity index (χ2v) is 8.13. The summed E-state index contributed by atoms with van der Waals surface area (Å²) < 4.78 is 11.3. The van der Waals surface area contributed by atoms with Gasteiger partial charge < -0.3 is 24.8 Å². The largest absolute Gasteiger partial charge is 0.496 e. The first kappa shape index (κ1) is 19.6. The molecule has 1 saturated carbocycles. The van der Waals surface area contributed by atoms with E-state index in [4.69, 9.17) is 9.47 Å². The van der Waals surface area contributed by atoms with Crippen molar-refractivity contribution in [2.24, 2.45) is 11.8 Å². The molecule has 1 aromatic carbocycles. The zero-order chi connectivity index (χ0) is 18.8. The minimum atomic E-state index is -1.21. The van der Waals surface area contributed by atoms with Crippen LogP contribution in [0.1, 0.15) is 56.8 Å². The van der Waals surface area contributed by atoms with E-state index in [1.165, 1.54) is 25.7 Å². The Balaban J connectivity index is 1.80. The molecule has 0 bridgehead atoms. The summed E-state index contributed by atoms with van der Waals surface area (Å²) in [5, 5.41) is 30.4. The molecule has 1 saturated heterocycles. The molecule has 146 valence electrons. The van der Waals surface area contributed by atoms with Crippen molar-refractivity contribution in [1.29, 1.82) is 0 Å². The molecule has 2 fully saturated rings. The van der Waals surface area contributed by atoms with Crippen molar-refractivity contribution in [2.75, 3.05) is 7.11 Å². The molecule has 3 N–H and O–H groups in total. The highest BCUT2D eigenvalue weighted by molar-refractivity contribution is 5.39. The fraction of sp³-hybridized carbons (Fsp3) is 0.714. The lowest BCUT2D eigenvalue weighted by atomic mass is 9.79. The second-order valence-electron chi connectivity index (χ2n) is 8.13. The van der Waals surface area contributed by atoms with Gasteiger partial charge in [0.25, 0.3) is 0 Å². The third-order valence-corrected chi connectivity index (χ3v) is 6.13. The number of hydrogen-bond donors (Lipinski definition) is 3. The van der Waals surface area contributed by atoms with Crippen molar-refractivity contribution < 1.29 is 24.8 Å². The lowest BCUT2D eigenvalue weighted by Crippen LogP contribution is -2.53. The number of hydrogen-bond acceptors (Lipinski definition) is 5. The normalized spacial score (nSPS) is 38.2. The summed E-state index contributed by atoms with van der Waals surface area (Å²) in [5.41, 5.74) is 1.93. The first-order chi connectivity index (χ1) is 12.4. The standard InChI is InChI=1S/C21H32O5/c1-12-4-6-14(7-5-12)10-16-11-15(8-9-17(16)25-3)21-20(24)19(23)18(22)13(2)26-21/h8-9,11-14,18-24H,4-7,10H2,1-3H3/t12?,13-,14?,18-,19+,20-,21+/m1/s1. The minimum absolute atomic E-state index is 0.538. The van der Waals surface area contributed by atoms with Gasteiger partial charge in [-0.15, -0.1) is 0 Å². The van der Waals surface area contributed by atoms with Gasteiger partial charge >= 0.3 is 0 Å². The number of benzene rings is 1. The Morgan fingerprint density at radius 2 is 1.69 bits per heavy atom. The first-order valence-electron chi connectivity index (χ1n) is 9.77. The van der Waals surface area contributed by atoms with Gasteiger partial charge in [0.2, 0.25) is 0 Å². The molecule has 1 aliphatic heterocycles. The van der Waals surface area contributed by atoms with E-state index in [0.717, 1.165) is 29.2 Å². The fourth-order valence-electron chi connectivity index (χ4n) is 4.31. The summed E-state index contributed by atoms with van der Waals surface area (Å²) in [7, 11) is 1.68. The van der Waals surface area contributed by atoms with E-state index in [9.17, 15) is 15.3 Å². The molecule has 5 atom stereocenters. The zero-order valence-electron chi connectivity index (χ0n) is 16.0. The molecular formula is C21H32O5. The minimum Gasteiger partial charge on any atom is -0.496 e. The predicted molar refractivity (Wildman–Crippen MR) is 99.1 cm³/mol. The summed E-state index contributed by atoms with van der Waals surface area (Å²) in [6.07, 6.45) is 1.33. The summed E-state index contributed by atoms with van der Waals surface area (Å²) >= 11 is 0. The molecule has 2 aliphatic rings. The van der Waals surface area contributed by atoms with Crippen LogP contribution in [0.15, 0.2) is 18.2 Å². The van der Waals surface area contributed by atoms with E-state index in [1.807, 2.05) is 18.2 Å². The third-order valence-electron chi connectivity index (χ3n) is 6.13. The maximum atomic E-state index is 10.4. The van der Waals surface area contributed by atoms with Crippen molar-refractivity contribution in [3.8, 4) is 5.75 Å². The van der Waals surface area contributed by atoms with Gasteiger partial charge in [-0.1, -0.05) is 25.8 Å². The lowest BCUT2D eigenvalue weighted by Gasteiger charge is -2.39. The summed E-state index contributed by atoms with van der Waals surface area (Å²) in [4.78, 5) is 0. The van der Waals surface area contributed by atoms with Crippen LogP contribution >= 0.6 is 0 Å². The average Bonchev–Trinajstić information content (AvgIpc) is 2.65. The summed E-state index contributed by atoms with van der Waals surface area (Å²) in [5.74, 6) is 2.32. The van der Waals surface area contributed by atoms with Crippen LogP contribution in [0, 0.1) is 11.8 Å². The third kappa shape index (κ3) is 4.06. The van der Waals surface area contributed by atoms with Crippen molar-refractivity contribution in [1.82, 2.24) is 0 Å². The van der Waals surface area contributed by atoms with E-state index in [-0.39, 0.29) is 0 Å². The number of methoxy groups -OCH3 is 1. The Hall–Kier alpha value is -1.14. The molecule has 26 heavy (non-hydrogen) atoms. The quantitative estimate of drug-likeness (QED) is 0.765. The van der Waals surface area contributed by atoms with Crippen LogP contribution in [-0.4, -0.2) is 46.8 Å². The van der Waals surface area contributed by atoms with Crippen LogP contribution in [0.4, 0.5) is 0 Å². The second kappa shape index (κ2) is 8.26. The van der Waals surface area contributed by atoms with Crippen LogP contribution in [0.25, 0.3) is 0 Å². The maximum absolute atomic E-state index is 10.4. The van der Waals surface area contributed by atoms with Gasteiger partial charge in [-0.2, -0.15) is 0 Å². The molecule has 5 nitrogen and oxygen atoms in total. The molecule has 5 heteroatoms. The zero-order valence-corrected chi connectivity index (χ0v) is 16.0. The van der Waals surface area contributed by atoms with E-state index < -0.39 is 30.5 Å². The molecule has 0 radical (unpaired) electrons. The van der Waals surface area contributed by atoms with Gasteiger partial charge in [-0.05, 0) is 61.3 Å². The number of aliphatic hydroxyl groups excluding tert-OH is 3. The van der Waals surface area contributed by atoms with Crippen LogP contribution in [-0.2, 0) is 11.2 Å². The van der Waals surface area contributed by atoms with Gasteiger partial charge in [0.15, 0.2) is 0 Å². The van der Waals surface area contributed by atoms with E-state index in [2.05, 4.69) is 6.92 Å². The molecule has 3 rings (SSSR count). The van der Waals surface area contributed by atoms with Crippen molar-refractivity contribution in [3.63, 3.8) is 0 Å². The molecule has 0 aromatic heterocycles. The van der Waals surface area contributed by atoms with Crippen LogP contribution in [0.3, 0.4) is 0 Å². The molecule has 1 aliphatic carbocycles. The Bertz CT molecular complexity index is 596. The van der Waals surface area contributed by atoms with Crippen LogP contribution in [0.5, 0.6) is 5.75 Å². The topological polar surface area (TPSA) is 79.2 Å². The van der Waals surface area contributed by atoms with Crippen molar-refractivity contribution in [2.45, 2.75) is 76.5 Å². The number of rotatable bonds is 4. The van der Waals surface area contributed by atoms with Gasteiger partial charge in [-0.25, -0.2) is 0 Å². The number of aliphatic hydroxyl groups is 3. The highest BCUT2D eigenvalue weighted by atomic mass is 16.5. The summed E-state index contributed by atoms with van der Waals surface area (Å²) in [6, 6.07) is 5.81. The van der Waals surface area contributed by atoms with E-state index in [1.54, 1.807) is 14.0 Å². The first-order valence-corrected chi connectivity index (χ1v) is 9.77. The van der Waals surface area contributed by atoms with Crippen molar-refractivity contribution in [3.05, 3.63) is 29.3 Å². The molecule has 1 aromatic rings. The fourth-order valence-corrected chi connectivity index (χ4v) is 4.31. The Morgan fingerprint density at radius 1 is 1.00 bits per heavy atom. The van der Waals surface area contributed by atoms with Gasteiger partial charge in [-0.3, -0.25) is 0 Å². The van der Waals surface area contributed by atoms with Gasteiger partial charge in [0.05, 0.1) is 13.2 Å². The highest BCUT2D eigenvalue weighted by Crippen LogP contribution is 2.37. The van der Waals surface area contributed by atoms with Gasteiger partial charge in [0.1, 0.15) is 30.2 Å². The van der Waals surface area contributed by atoms with E-state index in [0.29, 0.717) is 5.92 Å². The molecule has 0 amide bonds. The Labute approximate surface area is 156 Å². The van der Waals surface area contributed by atoms with Crippen LogP contribution < -0.4 is 4.74 Å². The molecular weight excluding hydrogens is 332 g/mol. The molecule has 1 heterocycles. The van der Waals surface area contributed by atoms with Crippen molar-refractivity contribution >= 4 is 0 Å². The highest BCUT2D eigenvalue weighted by Gasteiger charge is 2.42. The molecule has 0 unspecified atom stereocenters. The van der Waals surface area contributed by atoms with E-state index >= 15 is 0 Å². The Morgan fingerprint density at radius 3 is 2.35 bits per heavy atom. The number of ether oxygens (including phenoxy) is 2. The predicted octanol–water partition coefficient (Wildman–Crippen LogP) is 2.61.